The molecule has 0 unspecified atom stereocenters. The first-order valence-corrected chi connectivity index (χ1v) is 27.4. The Kier molecular flexibility index (Phi) is 19.4. The summed E-state index contributed by atoms with van der Waals surface area (Å²) in [5.41, 5.74) is 27.0. The average Bonchev–Trinajstić information content (AvgIpc) is 4.12. The smallest absolute Gasteiger partial charge is 0.236 e. The summed E-state index contributed by atoms with van der Waals surface area (Å²) in [6, 6.07) is 23.2. The van der Waals surface area contributed by atoms with E-state index in [4.69, 9.17) is 60.8 Å². The SMILES string of the molecule is CN(C)c1nc(N)nc(N(C)CCc2cccc3c2OCO3)n1.CN(C)c1nc(N)nc(N(C)Cc2cccc3c2OCO3)n1.CN(C)c1nc(N)nc(N(C)c2cccc3c2OCO3)n1.CN(C)c1nc(N)nc(NCCc2cccc3c2OCO3)n1. The minimum Gasteiger partial charge on any atom is -0.454 e. The van der Waals surface area contributed by atoms with Crippen LogP contribution in [0.3, 0.4) is 0 Å². The van der Waals surface area contributed by atoms with Gasteiger partial charge in [0.1, 0.15) is 0 Å². The maximum atomic E-state index is 5.76. The quantitative estimate of drug-likeness (QED) is 0.0867. The summed E-state index contributed by atoms with van der Waals surface area (Å²) in [4.78, 5) is 63.2. The third-order valence-electron chi connectivity index (χ3n) is 13.1. The Morgan fingerprint density at radius 2 is 0.727 bits per heavy atom. The van der Waals surface area contributed by atoms with Crippen molar-refractivity contribution in [1.82, 2.24) is 59.8 Å². The first-order valence-electron chi connectivity index (χ1n) is 27.4. The molecule has 0 spiro atoms. The fourth-order valence-corrected chi connectivity index (χ4v) is 8.66. The van der Waals surface area contributed by atoms with Gasteiger partial charge in [0.25, 0.3) is 0 Å². The summed E-state index contributed by atoms with van der Waals surface area (Å²) in [7, 11) is 20.5. The normalized spacial score (nSPS) is 12.3. The number of nitrogens with two attached hydrogens (primary N) is 4. The number of nitrogens with one attached hydrogen (secondary N) is 1. The molecule has 0 atom stereocenters. The van der Waals surface area contributed by atoms with Crippen molar-refractivity contribution in [3.63, 3.8) is 0 Å². The number of hydrogen-bond acceptors (Lipinski definition) is 32. The van der Waals surface area contributed by atoms with E-state index >= 15 is 0 Å². The van der Waals surface area contributed by atoms with E-state index in [2.05, 4.69) is 65.1 Å². The van der Waals surface area contributed by atoms with Crippen LogP contribution in [0.2, 0.25) is 0 Å². The fraction of sp³-hybridized carbons (Fsp3) is 0.357. The zero-order valence-corrected chi connectivity index (χ0v) is 50.9. The second kappa shape index (κ2) is 27.8. The van der Waals surface area contributed by atoms with Crippen LogP contribution in [-0.4, -0.2) is 178 Å². The van der Waals surface area contributed by atoms with Crippen molar-refractivity contribution < 1.29 is 37.9 Å². The van der Waals surface area contributed by atoms with E-state index in [9.17, 15) is 0 Å². The molecule has 12 rings (SSSR count). The molecule has 4 aliphatic heterocycles. The molecule has 9 N–H and O–H groups in total. The van der Waals surface area contributed by atoms with Crippen LogP contribution in [0.1, 0.15) is 16.7 Å². The van der Waals surface area contributed by atoms with Crippen molar-refractivity contribution in [2.24, 2.45) is 0 Å². The summed E-state index contributed by atoms with van der Waals surface area (Å²) in [6.07, 6.45) is 1.54. The summed E-state index contributed by atoms with van der Waals surface area (Å²) in [6.45, 7) is 2.95. The maximum Gasteiger partial charge on any atom is 0.236 e. The summed E-state index contributed by atoms with van der Waals surface area (Å²) in [5, 5.41) is 3.16. The number of benzene rings is 4. The lowest BCUT2D eigenvalue weighted by molar-refractivity contribution is 0.173. The number of hydrogen-bond donors (Lipinski definition) is 5. The fourth-order valence-electron chi connectivity index (χ4n) is 8.66. The highest BCUT2D eigenvalue weighted by molar-refractivity contribution is 5.70. The van der Waals surface area contributed by atoms with Gasteiger partial charge in [-0.25, -0.2) is 0 Å². The Labute approximate surface area is 508 Å². The lowest BCUT2D eigenvalue weighted by atomic mass is 10.1. The Morgan fingerprint density at radius 3 is 1.22 bits per heavy atom. The highest BCUT2D eigenvalue weighted by Crippen LogP contribution is 2.43. The molecular weight excluding hydrogens is 1140 g/mol. The molecule has 0 saturated carbocycles. The Bertz CT molecular complexity index is 3700. The maximum absolute atomic E-state index is 5.76. The Morgan fingerprint density at radius 1 is 0.364 bits per heavy atom. The van der Waals surface area contributed by atoms with Crippen LogP contribution in [0.4, 0.5) is 77.1 Å². The van der Waals surface area contributed by atoms with Gasteiger partial charge in [0.15, 0.2) is 46.0 Å². The first kappa shape index (κ1) is 61.5. The van der Waals surface area contributed by atoms with E-state index in [1.54, 1.807) is 24.5 Å². The van der Waals surface area contributed by atoms with Gasteiger partial charge in [0, 0.05) is 103 Å². The molecular formula is C56H72N24O8. The van der Waals surface area contributed by atoms with Gasteiger partial charge in [0.2, 0.25) is 98.6 Å². The van der Waals surface area contributed by atoms with Gasteiger partial charge in [-0.1, -0.05) is 42.5 Å². The van der Waals surface area contributed by atoms with Crippen LogP contribution in [0.5, 0.6) is 46.0 Å². The number of fused-ring (bicyclic) bond motifs is 4. The molecule has 464 valence electrons. The van der Waals surface area contributed by atoms with Gasteiger partial charge in [0.05, 0.1) is 5.69 Å². The largest absolute Gasteiger partial charge is 0.454 e. The van der Waals surface area contributed by atoms with E-state index in [1.165, 1.54) is 0 Å². The molecule has 8 aromatic rings. The molecule has 0 saturated heterocycles. The van der Waals surface area contributed by atoms with Crippen molar-refractivity contribution in [2.75, 3.05) is 180 Å². The molecule has 0 amide bonds. The summed E-state index contributed by atoms with van der Waals surface area (Å²) < 4.78 is 43.6. The van der Waals surface area contributed by atoms with Crippen molar-refractivity contribution in [2.45, 2.75) is 19.4 Å². The number of nitrogens with zero attached hydrogens (tertiary/aromatic N) is 19. The van der Waals surface area contributed by atoms with Crippen LogP contribution in [-0.2, 0) is 19.4 Å². The van der Waals surface area contributed by atoms with Gasteiger partial charge in [-0.05, 0) is 54.3 Å². The van der Waals surface area contributed by atoms with E-state index in [0.29, 0.717) is 72.2 Å². The predicted octanol–water partition coefficient (Wildman–Crippen LogP) is 3.73. The monoisotopic (exact) mass is 1210 g/mol. The molecule has 0 aliphatic carbocycles. The molecule has 32 heteroatoms. The summed E-state index contributed by atoms with van der Waals surface area (Å²) in [5.74, 6) is 10.9. The molecule has 0 fully saturated rings. The number of likely N-dealkylation sites (N-methyl/N-ethyl adjacent to an activating group) is 1. The second-order valence-corrected chi connectivity index (χ2v) is 20.5. The first-order chi connectivity index (χ1) is 42.3. The molecule has 32 nitrogen and oxygen atoms in total. The lowest BCUT2D eigenvalue weighted by Gasteiger charge is -2.20. The van der Waals surface area contributed by atoms with Crippen LogP contribution in [0.15, 0.2) is 72.8 Å². The van der Waals surface area contributed by atoms with Crippen LogP contribution in [0.25, 0.3) is 0 Å². The number of ether oxygens (including phenoxy) is 8. The van der Waals surface area contributed by atoms with Gasteiger partial charge >= 0.3 is 0 Å². The minimum atomic E-state index is 0.167. The topological polar surface area (TPSA) is 367 Å². The molecule has 0 radical (unpaired) electrons. The van der Waals surface area contributed by atoms with Crippen molar-refractivity contribution in [3.8, 4) is 46.0 Å². The number of aromatic nitrogens is 12. The zero-order valence-electron chi connectivity index (χ0n) is 50.9. The molecule has 8 heterocycles. The van der Waals surface area contributed by atoms with Gasteiger partial charge in [-0.3, -0.25) is 0 Å². The zero-order chi connectivity index (χ0) is 62.6. The van der Waals surface area contributed by atoms with Crippen molar-refractivity contribution in [1.29, 1.82) is 0 Å². The van der Waals surface area contributed by atoms with Crippen molar-refractivity contribution >= 4 is 77.1 Å². The molecule has 4 aliphatic rings. The Hall–Kier alpha value is -11.1. The third kappa shape index (κ3) is 15.2. The molecule has 0 bridgehead atoms. The van der Waals surface area contributed by atoms with E-state index in [-0.39, 0.29) is 51.0 Å². The predicted molar refractivity (Wildman–Crippen MR) is 334 cm³/mol. The lowest BCUT2D eigenvalue weighted by Crippen LogP contribution is -2.25. The van der Waals surface area contributed by atoms with E-state index in [0.717, 1.165) is 76.3 Å². The number of anilines is 13. The van der Waals surface area contributed by atoms with E-state index in [1.807, 2.05) is 160 Å². The number of rotatable bonds is 17. The van der Waals surface area contributed by atoms with Gasteiger partial charge in [-0.2, -0.15) is 59.8 Å². The van der Waals surface area contributed by atoms with Crippen LogP contribution in [0, 0.1) is 0 Å². The summed E-state index contributed by atoms with van der Waals surface area (Å²) >= 11 is 0. The number of para-hydroxylation sites is 4. The third-order valence-corrected chi connectivity index (χ3v) is 13.1. The van der Waals surface area contributed by atoms with Crippen LogP contribution < -0.4 is 100 Å². The van der Waals surface area contributed by atoms with Gasteiger partial charge in [-0.15, -0.1) is 0 Å². The standard InChI is InChI=1S/C15H20N6O2.2C14H18N6O2.C13H16N6O2/c1-20(2)14-17-13(16)18-15(19-14)21(3)8-7-10-5-4-6-11-12(10)23-9-22-11;1-19(2)13-16-12(15)17-14(18-13)20(3)7-9-5-4-6-10-11(9)22-8-21-10;1-20(2)14-18-12(15)17-13(19-14)16-7-6-9-4-3-5-10-11(9)22-8-21-10;1-18(2)12-15-11(14)16-13(17-12)19(3)8-5-4-6-9-10(8)21-7-20-9/h4-6H,7-9H2,1-3H3,(H2,16,17,18,19);4-6H,7-8H2,1-3H3,(H2,15,16,17,18);3-5H,6-8H2,1-2H3,(H3,15,16,17,18,19);4-6H,7H2,1-3H3,(H2,14,15,16,17). The van der Waals surface area contributed by atoms with Crippen molar-refractivity contribution in [3.05, 3.63) is 89.5 Å². The van der Waals surface area contributed by atoms with Crippen LogP contribution >= 0.6 is 0 Å². The molecule has 4 aromatic heterocycles. The minimum absolute atomic E-state index is 0.167. The molecule has 88 heavy (non-hydrogen) atoms. The highest BCUT2D eigenvalue weighted by atomic mass is 16.7. The van der Waals surface area contributed by atoms with Gasteiger partial charge < -0.3 is 100 Å². The molecule has 4 aromatic carbocycles. The second-order valence-electron chi connectivity index (χ2n) is 20.5. The number of nitrogen functional groups attached to an aromatic ring is 4. The van der Waals surface area contributed by atoms with E-state index < -0.39 is 0 Å². The average molecular weight is 1210 g/mol. The Balaban J connectivity index is 0.000000140. The highest BCUT2D eigenvalue weighted by Gasteiger charge is 2.24.